The highest BCUT2D eigenvalue weighted by Crippen LogP contribution is 2.39. The van der Waals surface area contributed by atoms with E-state index in [4.69, 9.17) is 4.98 Å². The molecule has 1 heterocycles. The first-order chi connectivity index (χ1) is 13.9. The third-order valence-electron chi connectivity index (χ3n) is 6.38. The number of amides is 1. The summed E-state index contributed by atoms with van der Waals surface area (Å²) in [5, 5.41) is 4.20. The maximum absolute atomic E-state index is 13.0. The van der Waals surface area contributed by atoms with Gasteiger partial charge in [0.05, 0.1) is 10.2 Å². The summed E-state index contributed by atoms with van der Waals surface area (Å²) in [6.45, 7) is 8.86. The van der Waals surface area contributed by atoms with Crippen molar-refractivity contribution in [3.8, 4) is 10.6 Å². The molecule has 1 aromatic heterocycles. The quantitative estimate of drug-likeness (QED) is 0.511. The van der Waals surface area contributed by atoms with Crippen molar-refractivity contribution in [2.24, 2.45) is 23.7 Å². The zero-order chi connectivity index (χ0) is 20.5. The summed E-state index contributed by atoms with van der Waals surface area (Å²) in [7, 11) is 0. The molecule has 29 heavy (non-hydrogen) atoms. The average molecular weight is 407 g/mol. The van der Waals surface area contributed by atoms with Gasteiger partial charge in [-0.05, 0) is 73.4 Å². The van der Waals surface area contributed by atoms with Gasteiger partial charge in [-0.15, -0.1) is 11.3 Å². The Kier molecular flexibility index (Phi) is 5.73. The van der Waals surface area contributed by atoms with E-state index in [-0.39, 0.29) is 11.8 Å². The molecule has 0 bridgehead atoms. The molecule has 1 saturated carbocycles. The Morgan fingerprint density at radius 2 is 1.90 bits per heavy atom. The predicted molar refractivity (Wildman–Crippen MR) is 123 cm³/mol. The maximum atomic E-state index is 13.0. The number of thiazole rings is 1. The van der Waals surface area contributed by atoms with Crippen molar-refractivity contribution in [1.82, 2.24) is 4.98 Å². The monoisotopic (exact) mass is 406 g/mol. The number of aryl methyl sites for hydroxylation is 1. The van der Waals surface area contributed by atoms with Crippen LogP contribution in [0, 0.1) is 30.6 Å². The van der Waals surface area contributed by atoms with Gasteiger partial charge in [-0.25, -0.2) is 4.98 Å². The van der Waals surface area contributed by atoms with E-state index in [0.717, 1.165) is 34.6 Å². The molecule has 3 aromatic rings. The summed E-state index contributed by atoms with van der Waals surface area (Å²) in [6.07, 6.45) is 3.40. The fraction of sp³-hybridized carbons (Fsp3) is 0.440. The molecule has 4 rings (SSSR count). The number of anilines is 1. The number of carbonyl (C=O) groups excluding carboxylic acids is 1. The summed E-state index contributed by atoms with van der Waals surface area (Å²) in [5.74, 6) is 1.95. The van der Waals surface area contributed by atoms with Crippen LogP contribution in [0.4, 0.5) is 5.69 Å². The largest absolute Gasteiger partial charge is 0.326 e. The van der Waals surface area contributed by atoms with Crippen molar-refractivity contribution in [1.29, 1.82) is 0 Å². The minimum atomic E-state index is 0.116. The fourth-order valence-corrected chi connectivity index (χ4v) is 5.69. The van der Waals surface area contributed by atoms with E-state index in [1.54, 1.807) is 11.3 Å². The van der Waals surface area contributed by atoms with Crippen LogP contribution in [0.3, 0.4) is 0 Å². The summed E-state index contributed by atoms with van der Waals surface area (Å²) in [5.41, 5.74) is 4.25. The highest BCUT2D eigenvalue weighted by atomic mass is 32.1. The highest BCUT2D eigenvalue weighted by molar-refractivity contribution is 7.21. The first-order valence-corrected chi connectivity index (χ1v) is 11.5. The predicted octanol–water partition coefficient (Wildman–Crippen LogP) is 6.92. The van der Waals surface area contributed by atoms with Crippen molar-refractivity contribution in [3.63, 3.8) is 0 Å². The number of nitrogens with one attached hydrogen (secondary N) is 1. The van der Waals surface area contributed by atoms with Crippen LogP contribution >= 0.6 is 11.3 Å². The van der Waals surface area contributed by atoms with Gasteiger partial charge in [0.15, 0.2) is 0 Å². The van der Waals surface area contributed by atoms with Crippen LogP contribution in [0.5, 0.6) is 0 Å². The van der Waals surface area contributed by atoms with E-state index in [2.05, 4.69) is 63.3 Å². The topological polar surface area (TPSA) is 42.0 Å². The van der Waals surface area contributed by atoms with Crippen LogP contribution in [0.15, 0.2) is 42.5 Å². The Morgan fingerprint density at radius 1 is 1.14 bits per heavy atom. The lowest BCUT2D eigenvalue weighted by Crippen LogP contribution is -2.36. The summed E-state index contributed by atoms with van der Waals surface area (Å²) < 4.78 is 1.21. The molecule has 1 aliphatic carbocycles. The minimum absolute atomic E-state index is 0.116. The lowest BCUT2D eigenvalue weighted by atomic mass is 9.70. The number of benzene rings is 2. The molecular weight excluding hydrogens is 376 g/mol. The zero-order valence-electron chi connectivity index (χ0n) is 17.7. The second kappa shape index (κ2) is 8.27. The van der Waals surface area contributed by atoms with Gasteiger partial charge < -0.3 is 5.32 Å². The summed E-state index contributed by atoms with van der Waals surface area (Å²) >= 11 is 1.71. The second-order valence-electron chi connectivity index (χ2n) is 8.94. The Balaban J connectivity index is 1.50. The maximum Gasteiger partial charge on any atom is 0.227 e. The molecule has 3 atom stereocenters. The van der Waals surface area contributed by atoms with Gasteiger partial charge in [0.2, 0.25) is 5.91 Å². The van der Waals surface area contributed by atoms with Crippen molar-refractivity contribution in [2.45, 2.75) is 47.0 Å². The second-order valence-corrected chi connectivity index (χ2v) is 9.97. The first kappa shape index (κ1) is 20.1. The molecule has 1 aliphatic rings. The number of nitrogens with zero attached hydrogens (tertiary/aromatic N) is 1. The van der Waals surface area contributed by atoms with E-state index >= 15 is 0 Å². The Bertz CT molecular complexity index is 1010. The molecule has 0 spiro atoms. The highest BCUT2D eigenvalue weighted by Gasteiger charge is 2.35. The molecule has 3 nitrogen and oxygen atoms in total. The van der Waals surface area contributed by atoms with Crippen LogP contribution in [-0.4, -0.2) is 10.9 Å². The first-order valence-electron chi connectivity index (χ1n) is 10.7. The normalized spacial score (nSPS) is 22.2. The third-order valence-corrected chi connectivity index (χ3v) is 7.45. The number of para-hydroxylation sites is 1. The number of hydrogen-bond donors (Lipinski definition) is 1. The number of aromatic nitrogens is 1. The Labute approximate surface area is 177 Å². The van der Waals surface area contributed by atoms with E-state index in [1.807, 2.05) is 12.1 Å². The lowest BCUT2D eigenvalue weighted by molar-refractivity contribution is -0.123. The van der Waals surface area contributed by atoms with Gasteiger partial charge in [0.25, 0.3) is 0 Å². The third kappa shape index (κ3) is 4.23. The minimum Gasteiger partial charge on any atom is -0.326 e. The Hall–Kier alpha value is -2.20. The molecule has 4 heteroatoms. The molecule has 0 aliphatic heterocycles. The molecule has 1 amide bonds. The number of rotatable bonds is 4. The van der Waals surface area contributed by atoms with Crippen LogP contribution in [0.2, 0.25) is 0 Å². The van der Waals surface area contributed by atoms with Crippen LogP contribution in [0.25, 0.3) is 20.8 Å². The molecule has 1 fully saturated rings. The van der Waals surface area contributed by atoms with E-state index < -0.39 is 0 Å². The van der Waals surface area contributed by atoms with Gasteiger partial charge in [-0.2, -0.15) is 0 Å². The number of fused-ring (bicyclic) bond motifs is 1. The Morgan fingerprint density at radius 3 is 2.59 bits per heavy atom. The van der Waals surface area contributed by atoms with Crippen LogP contribution < -0.4 is 5.32 Å². The SMILES string of the molecule is Cc1cccc2sc(-c3ccc(NC(=O)[C@@H]4C[C@H](C)CC[C@H]4C(C)C)cc3)nc12. The molecular formula is C25H30N2OS. The molecule has 0 saturated heterocycles. The van der Waals surface area contributed by atoms with Crippen molar-refractivity contribution in [3.05, 3.63) is 48.0 Å². The van der Waals surface area contributed by atoms with Crippen molar-refractivity contribution < 1.29 is 4.79 Å². The van der Waals surface area contributed by atoms with Crippen molar-refractivity contribution in [2.75, 3.05) is 5.32 Å². The standard InChI is InChI=1S/C25H30N2OS/c1-15(2)20-13-8-16(3)14-21(20)24(28)26-19-11-9-18(10-12-19)25-27-23-17(4)6-5-7-22(23)29-25/h5-7,9-12,15-16,20-21H,8,13-14H2,1-4H3,(H,26,28)/t16-,20+,21-/m1/s1. The molecule has 2 aromatic carbocycles. The average Bonchev–Trinajstić information content (AvgIpc) is 3.14. The van der Waals surface area contributed by atoms with E-state index in [9.17, 15) is 4.79 Å². The van der Waals surface area contributed by atoms with E-state index in [0.29, 0.717) is 17.8 Å². The summed E-state index contributed by atoms with van der Waals surface area (Å²) in [6, 6.07) is 14.4. The van der Waals surface area contributed by atoms with Crippen LogP contribution in [-0.2, 0) is 4.79 Å². The van der Waals surface area contributed by atoms with Gasteiger partial charge in [-0.3, -0.25) is 4.79 Å². The van der Waals surface area contributed by atoms with Gasteiger partial charge in [0.1, 0.15) is 5.01 Å². The molecule has 0 radical (unpaired) electrons. The van der Waals surface area contributed by atoms with E-state index in [1.165, 1.54) is 16.7 Å². The number of carbonyl (C=O) groups is 1. The fourth-order valence-electron chi connectivity index (χ4n) is 4.64. The van der Waals surface area contributed by atoms with Gasteiger partial charge in [0, 0.05) is 17.2 Å². The lowest BCUT2D eigenvalue weighted by Gasteiger charge is -2.36. The zero-order valence-corrected chi connectivity index (χ0v) is 18.6. The smallest absolute Gasteiger partial charge is 0.227 e. The van der Waals surface area contributed by atoms with Gasteiger partial charge in [-0.1, -0.05) is 39.3 Å². The molecule has 0 unspecified atom stereocenters. The van der Waals surface area contributed by atoms with Gasteiger partial charge >= 0.3 is 0 Å². The molecule has 152 valence electrons. The number of hydrogen-bond acceptors (Lipinski definition) is 3. The van der Waals surface area contributed by atoms with Crippen LogP contribution in [0.1, 0.15) is 45.6 Å². The summed E-state index contributed by atoms with van der Waals surface area (Å²) in [4.78, 5) is 17.8. The van der Waals surface area contributed by atoms with Crippen molar-refractivity contribution >= 4 is 33.1 Å². The molecule has 1 N–H and O–H groups in total.